The average molecular weight is 240 g/mol. The molecule has 0 atom stereocenters. The molecule has 0 aliphatic rings. The number of thiophene rings is 1. The van der Waals surface area contributed by atoms with E-state index in [2.05, 4.69) is 5.32 Å². The number of amides is 1. The predicted molar refractivity (Wildman–Crippen MR) is 53.8 cm³/mol. The number of rotatable bonds is 3. The predicted octanol–water partition coefficient (Wildman–Crippen LogP) is 1.78. The molecule has 0 saturated carbocycles. The summed E-state index contributed by atoms with van der Waals surface area (Å²) in [4.78, 5) is 11.3. The summed E-state index contributed by atoms with van der Waals surface area (Å²) in [5.74, 6) is -0.317. The molecule has 0 radical (unpaired) electrons. The smallest absolute Gasteiger partial charge is 0.253 e. The molecule has 1 heterocycles. The Labute approximate surface area is 89.3 Å². The lowest BCUT2D eigenvalue weighted by Gasteiger charge is -2.00. The zero-order chi connectivity index (χ0) is 9.84. The summed E-state index contributed by atoms with van der Waals surface area (Å²) in [6.45, 7) is 0.115. The van der Waals surface area contributed by atoms with Gasteiger partial charge in [0.1, 0.15) is 4.34 Å². The molecule has 0 aromatic carbocycles. The highest BCUT2D eigenvalue weighted by atomic mass is 35.5. The van der Waals surface area contributed by atoms with Crippen molar-refractivity contribution in [1.82, 2.24) is 5.32 Å². The molecule has 0 spiro atoms. The van der Waals surface area contributed by atoms with Gasteiger partial charge in [0.15, 0.2) is 0 Å². The van der Waals surface area contributed by atoms with Crippen molar-refractivity contribution >= 4 is 40.4 Å². The highest BCUT2D eigenvalue weighted by molar-refractivity contribution is 7.20. The van der Waals surface area contributed by atoms with Gasteiger partial charge >= 0.3 is 0 Å². The maximum absolute atomic E-state index is 11.3. The monoisotopic (exact) mass is 239 g/mol. The molecular weight excluding hydrogens is 233 g/mol. The normalized spacial score (nSPS) is 10.1. The fraction of sp³-hybridized carbons (Fsp3) is 0.286. The molecule has 0 aliphatic carbocycles. The zero-order valence-corrected chi connectivity index (χ0v) is 8.84. The average Bonchev–Trinajstić information content (AvgIpc) is 2.41. The van der Waals surface area contributed by atoms with Gasteiger partial charge in [-0.15, -0.1) is 11.3 Å². The van der Waals surface area contributed by atoms with Crippen LogP contribution in [0, 0.1) is 0 Å². The van der Waals surface area contributed by atoms with Crippen LogP contribution in [-0.4, -0.2) is 24.2 Å². The first-order valence-electron chi connectivity index (χ1n) is 3.49. The number of nitrogens with one attached hydrogen (secondary N) is 1. The molecule has 0 unspecified atom stereocenters. The number of halogens is 2. The van der Waals surface area contributed by atoms with Crippen molar-refractivity contribution in [3.05, 3.63) is 20.3 Å². The van der Waals surface area contributed by atoms with E-state index in [4.69, 9.17) is 28.3 Å². The minimum absolute atomic E-state index is 0.0960. The van der Waals surface area contributed by atoms with Gasteiger partial charge in [0, 0.05) is 6.54 Å². The minimum atomic E-state index is -0.317. The summed E-state index contributed by atoms with van der Waals surface area (Å²) in [6, 6.07) is 1.50. The van der Waals surface area contributed by atoms with Crippen LogP contribution in [0.15, 0.2) is 6.07 Å². The van der Waals surface area contributed by atoms with Gasteiger partial charge in [-0.1, -0.05) is 23.2 Å². The molecule has 6 heteroatoms. The van der Waals surface area contributed by atoms with Crippen molar-refractivity contribution in [3.63, 3.8) is 0 Å². The van der Waals surface area contributed by atoms with Crippen LogP contribution in [-0.2, 0) is 0 Å². The molecule has 3 nitrogen and oxygen atoms in total. The molecule has 13 heavy (non-hydrogen) atoms. The second-order valence-corrected chi connectivity index (χ2v) is 4.50. The van der Waals surface area contributed by atoms with Crippen LogP contribution in [0.25, 0.3) is 0 Å². The van der Waals surface area contributed by atoms with E-state index in [-0.39, 0.29) is 19.1 Å². The summed E-state index contributed by atoms with van der Waals surface area (Å²) in [7, 11) is 0. The van der Waals surface area contributed by atoms with Crippen molar-refractivity contribution < 1.29 is 9.90 Å². The van der Waals surface area contributed by atoms with Crippen LogP contribution in [0.5, 0.6) is 0 Å². The van der Waals surface area contributed by atoms with Crippen LogP contribution < -0.4 is 5.32 Å². The van der Waals surface area contributed by atoms with Gasteiger partial charge in [0.2, 0.25) is 0 Å². The highest BCUT2D eigenvalue weighted by Gasteiger charge is 2.12. The Hall–Kier alpha value is -0.290. The molecule has 2 N–H and O–H groups in total. The number of aliphatic hydroxyl groups excluding tert-OH is 1. The SMILES string of the molecule is O=C(NCCO)c1cc(Cl)sc1Cl. The molecule has 1 amide bonds. The topological polar surface area (TPSA) is 49.3 Å². The molecule has 1 aromatic heterocycles. The highest BCUT2D eigenvalue weighted by Crippen LogP contribution is 2.30. The second-order valence-electron chi connectivity index (χ2n) is 2.22. The Kier molecular flexibility index (Phi) is 3.99. The summed E-state index contributed by atoms with van der Waals surface area (Å²) in [6.07, 6.45) is 0. The van der Waals surface area contributed by atoms with E-state index in [0.29, 0.717) is 14.2 Å². The first-order chi connectivity index (χ1) is 6.15. The third kappa shape index (κ3) is 2.84. The number of hydrogen-bond acceptors (Lipinski definition) is 3. The number of aliphatic hydroxyl groups is 1. The quantitative estimate of drug-likeness (QED) is 0.845. The zero-order valence-electron chi connectivity index (χ0n) is 6.51. The van der Waals surface area contributed by atoms with Crippen molar-refractivity contribution in [3.8, 4) is 0 Å². The molecule has 0 bridgehead atoms. The first kappa shape index (κ1) is 10.8. The second kappa shape index (κ2) is 4.81. The summed E-state index contributed by atoms with van der Waals surface area (Å²) in [5.41, 5.74) is 0.352. The Morgan fingerprint density at radius 1 is 1.62 bits per heavy atom. The Morgan fingerprint density at radius 3 is 2.77 bits per heavy atom. The van der Waals surface area contributed by atoms with Crippen molar-refractivity contribution in [2.24, 2.45) is 0 Å². The van der Waals surface area contributed by atoms with Crippen molar-refractivity contribution in [2.45, 2.75) is 0 Å². The maximum atomic E-state index is 11.3. The maximum Gasteiger partial charge on any atom is 0.253 e. The largest absolute Gasteiger partial charge is 0.395 e. The molecule has 0 aliphatic heterocycles. The lowest BCUT2D eigenvalue weighted by molar-refractivity contribution is 0.0945. The van der Waals surface area contributed by atoms with Crippen molar-refractivity contribution in [1.29, 1.82) is 0 Å². The van der Waals surface area contributed by atoms with Gasteiger partial charge in [-0.05, 0) is 6.07 Å². The Balaban J connectivity index is 2.70. The molecule has 72 valence electrons. The fourth-order valence-corrected chi connectivity index (χ4v) is 2.22. The summed E-state index contributed by atoms with van der Waals surface area (Å²) >= 11 is 12.5. The third-order valence-electron chi connectivity index (χ3n) is 1.30. The Bertz CT molecular complexity index is 313. The first-order valence-corrected chi connectivity index (χ1v) is 5.06. The van der Waals surface area contributed by atoms with Crippen LogP contribution >= 0.6 is 34.5 Å². The van der Waals surface area contributed by atoms with Gasteiger partial charge < -0.3 is 10.4 Å². The van der Waals surface area contributed by atoms with Gasteiger partial charge in [-0.3, -0.25) is 4.79 Å². The third-order valence-corrected chi connectivity index (χ3v) is 2.79. The Morgan fingerprint density at radius 2 is 2.31 bits per heavy atom. The molecule has 0 fully saturated rings. The van der Waals surface area contributed by atoms with E-state index < -0.39 is 0 Å². The lowest BCUT2D eigenvalue weighted by Crippen LogP contribution is -2.26. The van der Waals surface area contributed by atoms with Crippen LogP contribution in [0.2, 0.25) is 8.67 Å². The van der Waals surface area contributed by atoms with Crippen LogP contribution in [0.3, 0.4) is 0 Å². The summed E-state index contributed by atoms with van der Waals surface area (Å²) in [5, 5.41) is 10.9. The standard InChI is InChI=1S/C7H7Cl2NO2S/c8-5-3-4(6(9)13-5)7(12)10-1-2-11/h3,11H,1-2H2,(H,10,12). The van der Waals surface area contributed by atoms with E-state index in [1.807, 2.05) is 0 Å². The van der Waals surface area contributed by atoms with E-state index in [0.717, 1.165) is 11.3 Å². The lowest BCUT2D eigenvalue weighted by atomic mass is 10.3. The molecule has 1 aromatic rings. The van der Waals surface area contributed by atoms with Crippen molar-refractivity contribution in [2.75, 3.05) is 13.2 Å². The van der Waals surface area contributed by atoms with E-state index in [9.17, 15) is 4.79 Å². The van der Waals surface area contributed by atoms with Crippen LogP contribution in [0.1, 0.15) is 10.4 Å². The number of carbonyl (C=O) groups is 1. The minimum Gasteiger partial charge on any atom is -0.395 e. The molecule has 1 rings (SSSR count). The van der Waals surface area contributed by atoms with Gasteiger partial charge in [-0.2, -0.15) is 0 Å². The summed E-state index contributed by atoms with van der Waals surface area (Å²) < 4.78 is 0.833. The fourth-order valence-electron chi connectivity index (χ4n) is 0.760. The van der Waals surface area contributed by atoms with Gasteiger partial charge in [0.05, 0.1) is 16.5 Å². The molecule has 0 saturated heterocycles. The van der Waals surface area contributed by atoms with Crippen LogP contribution in [0.4, 0.5) is 0 Å². The number of carbonyl (C=O) groups excluding carboxylic acids is 1. The number of hydrogen-bond donors (Lipinski definition) is 2. The van der Waals surface area contributed by atoms with E-state index >= 15 is 0 Å². The van der Waals surface area contributed by atoms with Gasteiger partial charge in [-0.25, -0.2) is 0 Å². The van der Waals surface area contributed by atoms with E-state index in [1.54, 1.807) is 0 Å². The van der Waals surface area contributed by atoms with E-state index in [1.165, 1.54) is 6.07 Å². The van der Waals surface area contributed by atoms with Gasteiger partial charge in [0.25, 0.3) is 5.91 Å². The molecular formula is C7H7Cl2NO2S.